The van der Waals surface area contributed by atoms with Gasteiger partial charge in [0.15, 0.2) is 6.29 Å². The van der Waals surface area contributed by atoms with Gasteiger partial charge in [-0.25, -0.2) is 9.97 Å². The van der Waals surface area contributed by atoms with E-state index in [0.29, 0.717) is 11.7 Å². The Morgan fingerprint density at radius 3 is 2.33 bits per heavy atom. The summed E-state index contributed by atoms with van der Waals surface area (Å²) >= 11 is 6.09. The van der Waals surface area contributed by atoms with Crippen LogP contribution >= 0.6 is 11.6 Å². The van der Waals surface area contributed by atoms with Crippen molar-refractivity contribution in [2.75, 3.05) is 26.1 Å². The van der Waals surface area contributed by atoms with Gasteiger partial charge in [0, 0.05) is 25.7 Å². The molecule has 0 aliphatic rings. The first-order valence-corrected chi connectivity index (χ1v) is 6.20. The summed E-state index contributed by atoms with van der Waals surface area (Å²) in [4.78, 5) is 8.71. The van der Waals surface area contributed by atoms with Crippen LogP contribution in [0.25, 0.3) is 0 Å². The van der Waals surface area contributed by atoms with Gasteiger partial charge in [-0.15, -0.1) is 0 Å². The molecular weight excluding hydrogens is 254 g/mol. The molecule has 0 aliphatic heterocycles. The average molecular weight is 274 g/mol. The number of hydrogen-bond acceptors (Lipinski definition) is 5. The normalized spacial score (nSPS) is 11.3. The van der Waals surface area contributed by atoms with Gasteiger partial charge in [-0.1, -0.05) is 25.4 Å². The zero-order valence-corrected chi connectivity index (χ0v) is 12.2. The highest BCUT2D eigenvalue weighted by Crippen LogP contribution is 2.22. The summed E-state index contributed by atoms with van der Waals surface area (Å²) in [6.45, 7) is 6.43. The molecule has 5 nitrogen and oxygen atoms in total. The third-order valence-corrected chi connectivity index (χ3v) is 2.95. The molecule has 1 heterocycles. The van der Waals surface area contributed by atoms with Crippen molar-refractivity contribution in [1.82, 2.24) is 9.97 Å². The molecule has 1 N–H and O–H groups in total. The highest BCUT2D eigenvalue weighted by Gasteiger charge is 2.13. The molecule has 1 aromatic rings. The molecule has 6 heteroatoms. The minimum atomic E-state index is -0.319. The van der Waals surface area contributed by atoms with Gasteiger partial charge in [-0.2, -0.15) is 0 Å². The maximum atomic E-state index is 6.09. The molecule has 0 fully saturated rings. The number of anilines is 1. The van der Waals surface area contributed by atoms with Gasteiger partial charge >= 0.3 is 0 Å². The molecule has 0 atom stereocenters. The van der Waals surface area contributed by atoms with Crippen molar-refractivity contribution in [3.8, 4) is 0 Å². The van der Waals surface area contributed by atoms with Crippen LogP contribution in [0.15, 0.2) is 0 Å². The van der Waals surface area contributed by atoms with Crippen LogP contribution in [0.4, 0.5) is 5.82 Å². The van der Waals surface area contributed by atoms with Crippen molar-refractivity contribution in [2.24, 2.45) is 0 Å². The monoisotopic (exact) mass is 273 g/mol. The number of halogens is 1. The average Bonchev–Trinajstić information content (AvgIpc) is 2.34. The zero-order valence-electron chi connectivity index (χ0n) is 11.5. The van der Waals surface area contributed by atoms with E-state index >= 15 is 0 Å². The topological polar surface area (TPSA) is 56.3 Å². The summed E-state index contributed by atoms with van der Waals surface area (Å²) < 4.78 is 10.2. The first-order valence-electron chi connectivity index (χ1n) is 5.83. The van der Waals surface area contributed by atoms with Crippen LogP contribution < -0.4 is 5.32 Å². The standard InChI is InChI=1S/C12H20ClN3O2/c1-7(2)11-15-10(13)8(3)12(16-11)14-6-9(17-4)18-5/h7,9H,6H2,1-5H3,(H,14,15,16). The van der Waals surface area contributed by atoms with Gasteiger partial charge in [0.2, 0.25) is 0 Å². The summed E-state index contributed by atoms with van der Waals surface area (Å²) in [7, 11) is 3.18. The SMILES string of the molecule is COC(CNc1nc(C(C)C)nc(Cl)c1C)OC. The Kier molecular flexibility index (Phi) is 5.78. The second-order valence-corrected chi connectivity index (χ2v) is 4.64. The van der Waals surface area contributed by atoms with Crippen molar-refractivity contribution in [1.29, 1.82) is 0 Å². The Bertz CT molecular complexity index is 395. The number of methoxy groups -OCH3 is 2. The van der Waals surface area contributed by atoms with E-state index in [4.69, 9.17) is 21.1 Å². The number of aromatic nitrogens is 2. The van der Waals surface area contributed by atoms with E-state index in [9.17, 15) is 0 Å². The van der Waals surface area contributed by atoms with E-state index in [1.54, 1.807) is 14.2 Å². The fourth-order valence-electron chi connectivity index (χ4n) is 1.38. The molecule has 0 spiro atoms. The number of nitrogens with zero attached hydrogens (tertiary/aromatic N) is 2. The van der Waals surface area contributed by atoms with Crippen molar-refractivity contribution < 1.29 is 9.47 Å². The molecule has 0 saturated heterocycles. The molecule has 0 bridgehead atoms. The zero-order chi connectivity index (χ0) is 13.7. The summed E-state index contributed by atoms with van der Waals surface area (Å²) in [6, 6.07) is 0. The van der Waals surface area contributed by atoms with Gasteiger partial charge in [0.1, 0.15) is 16.8 Å². The maximum absolute atomic E-state index is 6.09. The van der Waals surface area contributed by atoms with E-state index < -0.39 is 0 Å². The summed E-state index contributed by atoms with van der Waals surface area (Å²) in [6.07, 6.45) is -0.319. The van der Waals surface area contributed by atoms with Gasteiger partial charge < -0.3 is 14.8 Å². The van der Waals surface area contributed by atoms with E-state index in [-0.39, 0.29) is 12.2 Å². The smallest absolute Gasteiger partial charge is 0.173 e. The summed E-state index contributed by atoms with van der Waals surface area (Å²) in [5.41, 5.74) is 0.826. The summed E-state index contributed by atoms with van der Waals surface area (Å²) in [5, 5.41) is 3.64. The lowest BCUT2D eigenvalue weighted by Crippen LogP contribution is -2.24. The largest absolute Gasteiger partial charge is 0.365 e. The highest BCUT2D eigenvalue weighted by molar-refractivity contribution is 6.30. The molecular formula is C12H20ClN3O2. The lowest BCUT2D eigenvalue weighted by molar-refractivity contribution is -0.0914. The highest BCUT2D eigenvalue weighted by atomic mass is 35.5. The molecule has 0 aliphatic carbocycles. The van der Waals surface area contributed by atoms with Crippen LogP contribution in [0.3, 0.4) is 0 Å². The first-order chi connectivity index (χ1) is 8.49. The Morgan fingerprint density at radius 1 is 1.22 bits per heavy atom. The second-order valence-electron chi connectivity index (χ2n) is 4.28. The fraction of sp³-hybridized carbons (Fsp3) is 0.667. The third kappa shape index (κ3) is 3.80. The van der Waals surface area contributed by atoms with Crippen LogP contribution in [0.1, 0.15) is 31.2 Å². The van der Waals surface area contributed by atoms with Crippen LogP contribution in [0.2, 0.25) is 5.15 Å². The fourth-order valence-corrected chi connectivity index (χ4v) is 1.55. The Labute approximate surface area is 113 Å². The Hall–Kier alpha value is -0.910. The van der Waals surface area contributed by atoms with E-state index in [1.807, 2.05) is 20.8 Å². The van der Waals surface area contributed by atoms with Crippen molar-refractivity contribution >= 4 is 17.4 Å². The molecule has 1 rings (SSSR count). The Balaban J connectivity index is 2.87. The minimum Gasteiger partial charge on any atom is -0.365 e. The predicted molar refractivity (Wildman–Crippen MR) is 72.2 cm³/mol. The van der Waals surface area contributed by atoms with Gasteiger partial charge in [-0.05, 0) is 6.92 Å². The van der Waals surface area contributed by atoms with Gasteiger partial charge in [0.25, 0.3) is 0 Å². The molecule has 0 radical (unpaired) electrons. The maximum Gasteiger partial charge on any atom is 0.173 e. The number of ether oxygens (including phenoxy) is 2. The molecule has 102 valence electrons. The number of rotatable bonds is 6. The number of nitrogens with one attached hydrogen (secondary N) is 1. The second kappa shape index (κ2) is 6.87. The van der Waals surface area contributed by atoms with Crippen molar-refractivity contribution in [3.63, 3.8) is 0 Å². The number of hydrogen-bond donors (Lipinski definition) is 1. The van der Waals surface area contributed by atoms with Crippen LogP contribution in [0.5, 0.6) is 0 Å². The van der Waals surface area contributed by atoms with Crippen molar-refractivity contribution in [3.05, 3.63) is 16.5 Å². The lowest BCUT2D eigenvalue weighted by atomic mass is 10.2. The third-order valence-electron chi connectivity index (χ3n) is 2.58. The first kappa shape index (κ1) is 15.1. The van der Waals surface area contributed by atoms with Crippen LogP contribution in [0, 0.1) is 6.92 Å². The van der Waals surface area contributed by atoms with E-state index in [1.165, 1.54) is 0 Å². The van der Waals surface area contributed by atoms with Crippen LogP contribution in [-0.4, -0.2) is 37.0 Å². The van der Waals surface area contributed by atoms with E-state index in [0.717, 1.165) is 17.2 Å². The molecule has 18 heavy (non-hydrogen) atoms. The van der Waals surface area contributed by atoms with E-state index in [2.05, 4.69) is 15.3 Å². The lowest BCUT2D eigenvalue weighted by Gasteiger charge is -2.17. The Morgan fingerprint density at radius 2 is 1.83 bits per heavy atom. The van der Waals surface area contributed by atoms with Gasteiger partial charge in [-0.3, -0.25) is 0 Å². The summed E-state index contributed by atoms with van der Waals surface area (Å²) in [5.74, 6) is 1.67. The van der Waals surface area contributed by atoms with Gasteiger partial charge in [0.05, 0.1) is 6.54 Å². The predicted octanol–water partition coefficient (Wildman–Crippen LogP) is 2.59. The molecule has 0 saturated carbocycles. The minimum absolute atomic E-state index is 0.226. The molecule has 0 amide bonds. The van der Waals surface area contributed by atoms with Crippen LogP contribution in [-0.2, 0) is 9.47 Å². The quantitative estimate of drug-likeness (QED) is 0.638. The molecule has 1 aromatic heterocycles. The molecule has 0 aromatic carbocycles. The molecule has 0 unspecified atom stereocenters. The van der Waals surface area contributed by atoms with Crippen molar-refractivity contribution in [2.45, 2.75) is 33.0 Å².